The van der Waals surface area contributed by atoms with E-state index in [1.54, 1.807) is 6.08 Å². The second kappa shape index (κ2) is 3.28. The highest BCUT2D eigenvalue weighted by Gasteiger charge is 2.50. The Morgan fingerprint density at radius 1 is 1.38 bits per heavy atom. The molecule has 3 rings (SSSR count). The summed E-state index contributed by atoms with van der Waals surface area (Å²) in [7, 11) is 0. The number of esters is 1. The van der Waals surface area contributed by atoms with Crippen molar-refractivity contribution in [3.8, 4) is 0 Å². The van der Waals surface area contributed by atoms with Gasteiger partial charge in [-0.3, -0.25) is 9.59 Å². The lowest BCUT2D eigenvalue weighted by Gasteiger charge is -2.25. The lowest BCUT2D eigenvalue weighted by molar-refractivity contribution is -0.150. The Balaban J connectivity index is 2.06. The van der Waals surface area contributed by atoms with Gasteiger partial charge in [0, 0.05) is 0 Å². The van der Waals surface area contributed by atoms with Crippen LogP contribution >= 0.6 is 0 Å². The zero-order valence-corrected chi connectivity index (χ0v) is 8.77. The molecular formula is C12H12O4. The summed E-state index contributed by atoms with van der Waals surface area (Å²) < 4.78 is 10.7. The summed E-state index contributed by atoms with van der Waals surface area (Å²) in [6, 6.07) is 0. The summed E-state index contributed by atoms with van der Waals surface area (Å²) in [5.74, 6) is -0.880. The summed E-state index contributed by atoms with van der Waals surface area (Å²) in [6.45, 7) is 4.22. The minimum atomic E-state index is -0.635. The molecule has 0 aromatic rings. The van der Waals surface area contributed by atoms with E-state index in [2.05, 4.69) is 6.58 Å². The zero-order chi connectivity index (χ0) is 11.3. The van der Waals surface area contributed by atoms with Crippen molar-refractivity contribution < 1.29 is 19.1 Å². The fourth-order valence-electron chi connectivity index (χ4n) is 2.59. The van der Waals surface area contributed by atoms with Crippen LogP contribution in [-0.4, -0.2) is 30.6 Å². The van der Waals surface area contributed by atoms with Crippen LogP contribution in [0.25, 0.3) is 0 Å². The van der Waals surface area contributed by atoms with Gasteiger partial charge in [-0.05, 0) is 30.1 Å². The van der Waals surface area contributed by atoms with E-state index in [-0.39, 0.29) is 17.9 Å². The molecule has 0 aromatic carbocycles. The highest BCUT2D eigenvalue weighted by atomic mass is 16.5. The third-order valence-electron chi connectivity index (χ3n) is 3.38. The van der Waals surface area contributed by atoms with Gasteiger partial charge in [0.15, 0.2) is 5.78 Å². The van der Waals surface area contributed by atoms with Crippen molar-refractivity contribution in [2.24, 2.45) is 5.92 Å². The average molecular weight is 220 g/mol. The summed E-state index contributed by atoms with van der Waals surface area (Å²) in [6.07, 6.45) is 2.17. The first-order valence-corrected chi connectivity index (χ1v) is 5.43. The lowest BCUT2D eigenvalue weighted by atomic mass is 9.90. The predicted octanol–water partition coefficient (Wildman–Crippen LogP) is 0.772. The van der Waals surface area contributed by atoms with Crippen molar-refractivity contribution in [1.82, 2.24) is 0 Å². The van der Waals surface area contributed by atoms with Gasteiger partial charge in [-0.1, -0.05) is 6.58 Å². The topological polar surface area (TPSA) is 52.6 Å². The van der Waals surface area contributed by atoms with Gasteiger partial charge in [-0.2, -0.15) is 0 Å². The van der Waals surface area contributed by atoms with Gasteiger partial charge in [0.2, 0.25) is 0 Å². The molecule has 3 aliphatic heterocycles. The normalized spacial score (nSPS) is 37.6. The van der Waals surface area contributed by atoms with Crippen LogP contribution in [0.4, 0.5) is 0 Å². The van der Waals surface area contributed by atoms with Crippen molar-refractivity contribution in [3.05, 3.63) is 23.8 Å². The minimum Gasteiger partial charge on any atom is -0.465 e. The average Bonchev–Trinajstić information content (AvgIpc) is 2.52. The van der Waals surface area contributed by atoms with Gasteiger partial charge in [0.05, 0.1) is 12.7 Å². The molecule has 2 bridgehead atoms. The van der Waals surface area contributed by atoms with E-state index in [4.69, 9.17) is 9.47 Å². The second-order valence-corrected chi connectivity index (χ2v) is 4.38. The SMILES string of the molecule is C=C1[C@H]2O[C@@H]3C(=CC2=O)CCCOC(=O)[C@H]13. The van der Waals surface area contributed by atoms with Crippen LogP contribution in [-0.2, 0) is 19.1 Å². The Morgan fingerprint density at radius 2 is 2.19 bits per heavy atom. The zero-order valence-electron chi connectivity index (χ0n) is 8.77. The number of hydrogen-bond donors (Lipinski definition) is 0. The molecule has 0 saturated carbocycles. The summed E-state index contributed by atoms with van der Waals surface area (Å²) in [5, 5.41) is 0. The molecule has 0 radical (unpaired) electrons. The van der Waals surface area contributed by atoms with Gasteiger partial charge in [-0.25, -0.2) is 0 Å². The second-order valence-electron chi connectivity index (χ2n) is 4.38. The molecule has 0 N–H and O–H groups in total. The monoisotopic (exact) mass is 220 g/mol. The third-order valence-corrected chi connectivity index (χ3v) is 3.38. The molecule has 0 spiro atoms. The Hall–Kier alpha value is -1.42. The summed E-state index contributed by atoms with van der Waals surface area (Å²) >= 11 is 0. The van der Waals surface area contributed by atoms with Gasteiger partial charge in [0.25, 0.3) is 0 Å². The first-order valence-electron chi connectivity index (χ1n) is 5.43. The molecule has 2 fully saturated rings. The van der Waals surface area contributed by atoms with Crippen molar-refractivity contribution in [2.75, 3.05) is 6.61 Å². The first-order chi connectivity index (χ1) is 7.68. The highest BCUT2D eigenvalue weighted by Crippen LogP contribution is 2.41. The van der Waals surface area contributed by atoms with Crippen molar-refractivity contribution in [1.29, 1.82) is 0 Å². The fourth-order valence-corrected chi connectivity index (χ4v) is 2.59. The van der Waals surface area contributed by atoms with Gasteiger partial charge in [0.1, 0.15) is 12.0 Å². The highest BCUT2D eigenvalue weighted by molar-refractivity contribution is 6.00. The van der Waals surface area contributed by atoms with E-state index in [1.165, 1.54) is 0 Å². The van der Waals surface area contributed by atoms with Crippen LogP contribution < -0.4 is 0 Å². The molecule has 16 heavy (non-hydrogen) atoms. The largest absolute Gasteiger partial charge is 0.465 e. The number of cyclic esters (lactones) is 1. The smallest absolute Gasteiger partial charge is 0.316 e. The maximum absolute atomic E-state index is 11.8. The van der Waals surface area contributed by atoms with Gasteiger partial charge < -0.3 is 9.47 Å². The molecule has 3 aliphatic rings. The van der Waals surface area contributed by atoms with Crippen LogP contribution in [0.1, 0.15) is 12.8 Å². The molecule has 84 valence electrons. The molecule has 3 heterocycles. The van der Waals surface area contributed by atoms with Gasteiger partial charge in [-0.15, -0.1) is 0 Å². The number of carbonyl (C=O) groups excluding carboxylic acids is 2. The first kappa shape index (κ1) is 9.78. The minimum absolute atomic E-state index is 0.0894. The van der Waals surface area contributed by atoms with Crippen LogP contribution in [0.3, 0.4) is 0 Å². The van der Waals surface area contributed by atoms with E-state index in [1.807, 2.05) is 0 Å². The number of ether oxygens (including phenoxy) is 2. The molecule has 3 atom stereocenters. The summed E-state index contributed by atoms with van der Waals surface area (Å²) in [5.41, 5.74) is 1.47. The van der Waals surface area contributed by atoms with Crippen LogP contribution in [0.5, 0.6) is 0 Å². The number of hydrogen-bond acceptors (Lipinski definition) is 4. The molecule has 0 aliphatic carbocycles. The maximum atomic E-state index is 11.8. The molecule has 0 aromatic heterocycles. The Morgan fingerprint density at radius 3 is 3.00 bits per heavy atom. The lowest BCUT2D eigenvalue weighted by Crippen LogP contribution is -2.32. The number of carbonyl (C=O) groups is 2. The quantitative estimate of drug-likeness (QED) is 0.447. The molecular weight excluding hydrogens is 208 g/mol. The van der Waals surface area contributed by atoms with Crippen LogP contribution in [0, 0.1) is 5.92 Å². The molecule has 0 amide bonds. The number of rotatable bonds is 0. The van der Waals surface area contributed by atoms with E-state index >= 15 is 0 Å². The Bertz CT molecular complexity index is 421. The van der Waals surface area contributed by atoms with Crippen molar-refractivity contribution >= 4 is 11.8 Å². The third kappa shape index (κ3) is 1.19. The standard InChI is InChI=1S/C12H12O4/c1-6-9-11-7(3-2-4-15-12(9)14)5-8(13)10(6)16-11/h5,9-11H,1-4H2/t9-,10-,11-/m1/s1. The molecule has 0 unspecified atom stereocenters. The van der Waals surface area contributed by atoms with E-state index in [0.717, 1.165) is 18.4 Å². The fraction of sp³-hybridized carbons (Fsp3) is 0.500. The van der Waals surface area contributed by atoms with Crippen LogP contribution in [0.15, 0.2) is 23.8 Å². The number of fused-ring (bicyclic) bond motifs is 1. The number of ketones is 1. The van der Waals surface area contributed by atoms with E-state index < -0.39 is 12.0 Å². The van der Waals surface area contributed by atoms with E-state index in [9.17, 15) is 9.59 Å². The molecule has 2 saturated heterocycles. The van der Waals surface area contributed by atoms with Gasteiger partial charge >= 0.3 is 5.97 Å². The predicted molar refractivity (Wildman–Crippen MR) is 54.6 cm³/mol. The van der Waals surface area contributed by atoms with Crippen molar-refractivity contribution in [2.45, 2.75) is 25.0 Å². The Labute approximate surface area is 92.9 Å². The summed E-state index contributed by atoms with van der Waals surface area (Å²) in [4.78, 5) is 23.5. The molecule has 4 heteroatoms. The maximum Gasteiger partial charge on any atom is 0.316 e. The Kier molecular flexibility index (Phi) is 2.01. The molecule has 4 nitrogen and oxygen atoms in total. The van der Waals surface area contributed by atoms with Crippen LogP contribution in [0.2, 0.25) is 0 Å². The van der Waals surface area contributed by atoms with Crippen molar-refractivity contribution in [3.63, 3.8) is 0 Å². The van der Waals surface area contributed by atoms with E-state index in [0.29, 0.717) is 12.2 Å².